The summed E-state index contributed by atoms with van der Waals surface area (Å²) in [6, 6.07) is 8.98. The molecule has 0 amide bonds. The standard InChI is InChI=1S/C16H26N2/c1-3-6-15-12-18(13-15)16-8-5-7-14(10-16)11-17-9-4-2/h5,7-8,10,15,17H,3-4,6,9,11-13H2,1-2H3. The van der Waals surface area contributed by atoms with Gasteiger partial charge in [0.15, 0.2) is 0 Å². The van der Waals surface area contributed by atoms with Gasteiger partial charge < -0.3 is 10.2 Å². The van der Waals surface area contributed by atoms with Gasteiger partial charge in [-0.05, 0) is 43.0 Å². The Bertz CT molecular complexity index is 356. The molecule has 1 aliphatic rings. The summed E-state index contributed by atoms with van der Waals surface area (Å²) < 4.78 is 0. The van der Waals surface area contributed by atoms with Crippen molar-refractivity contribution in [3.05, 3.63) is 29.8 Å². The highest BCUT2D eigenvalue weighted by molar-refractivity contribution is 5.50. The smallest absolute Gasteiger partial charge is 0.0369 e. The van der Waals surface area contributed by atoms with Crippen molar-refractivity contribution >= 4 is 5.69 Å². The second-order valence-corrected chi connectivity index (χ2v) is 5.41. The normalized spacial score (nSPS) is 15.8. The highest BCUT2D eigenvalue weighted by Gasteiger charge is 2.25. The van der Waals surface area contributed by atoms with Gasteiger partial charge in [-0.25, -0.2) is 0 Å². The van der Waals surface area contributed by atoms with Gasteiger partial charge in [0, 0.05) is 25.3 Å². The van der Waals surface area contributed by atoms with Crippen LogP contribution in [0.1, 0.15) is 38.7 Å². The monoisotopic (exact) mass is 246 g/mol. The van der Waals surface area contributed by atoms with E-state index in [4.69, 9.17) is 0 Å². The molecule has 1 aromatic carbocycles. The van der Waals surface area contributed by atoms with Crippen LogP contribution in [0.2, 0.25) is 0 Å². The molecule has 0 aromatic heterocycles. The number of benzene rings is 1. The maximum Gasteiger partial charge on any atom is 0.0369 e. The van der Waals surface area contributed by atoms with Gasteiger partial charge in [0.25, 0.3) is 0 Å². The Morgan fingerprint density at radius 2 is 2.06 bits per heavy atom. The average Bonchev–Trinajstić information content (AvgIpc) is 2.34. The highest BCUT2D eigenvalue weighted by Crippen LogP contribution is 2.27. The summed E-state index contributed by atoms with van der Waals surface area (Å²) in [5, 5.41) is 3.46. The van der Waals surface area contributed by atoms with E-state index in [2.05, 4.69) is 48.3 Å². The molecule has 1 aliphatic heterocycles. The van der Waals surface area contributed by atoms with Crippen LogP contribution >= 0.6 is 0 Å². The molecule has 1 fully saturated rings. The largest absolute Gasteiger partial charge is 0.371 e. The number of nitrogens with one attached hydrogen (secondary N) is 1. The first-order valence-electron chi connectivity index (χ1n) is 7.38. The molecule has 0 saturated carbocycles. The zero-order valence-electron chi connectivity index (χ0n) is 11.8. The number of hydrogen-bond acceptors (Lipinski definition) is 2. The summed E-state index contributed by atoms with van der Waals surface area (Å²) in [7, 11) is 0. The number of rotatable bonds is 7. The number of hydrogen-bond donors (Lipinski definition) is 1. The second kappa shape index (κ2) is 6.79. The van der Waals surface area contributed by atoms with Crippen LogP contribution < -0.4 is 10.2 Å². The summed E-state index contributed by atoms with van der Waals surface area (Å²) in [5.41, 5.74) is 2.80. The van der Waals surface area contributed by atoms with Crippen molar-refractivity contribution in [3.8, 4) is 0 Å². The van der Waals surface area contributed by atoms with Crippen LogP contribution in [0.25, 0.3) is 0 Å². The summed E-state index contributed by atoms with van der Waals surface area (Å²) >= 11 is 0. The third kappa shape index (κ3) is 3.49. The molecule has 0 unspecified atom stereocenters. The fraction of sp³-hybridized carbons (Fsp3) is 0.625. The average molecular weight is 246 g/mol. The van der Waals surface area contributed by atoms with E-state index in [1.165, 1.54) is 43.6 Å². The molecule has 1 heterocycles. The second-order valence-electron chi connectivity index (χ2n) is 5.41. The van der Waals surface area contributed by atoms with E-state index in [9.17, 15) is 0 Å². The third-order valence-electron chi connectivity index (χ3n) is 3.69. The zero-order chi connectivity index (χ0) is 12.8. The summed E-state index contributed by atoms with van der Waals surface area (Å²) in [6.07, 6.45) is 3.90. The molecule has 1 aromatic rings. The van der Waals surface area contributed by atoms with E-state index in [1.54, 1.807) is 0 Å². The molecule has 0 spiro atoms. The molecular weight excluding hydrogens is 220 g/mol. The van der Waals surface area contributed by atoms with E-state index >= 15 is 0 Å². The molecule has 0 atom stereocenters. The lowest BCUT2D eigenvalue weighted by Crippen LogP contribution is -2.46. The van der Waals surface area contributed by atoms with Crippen LogP contribution in [0.5, 0.6) is 0 Å². The quantitative estimate of drug-likeness (QED) is 0.742. The molecular formula is C16H26N2. The van der Waals surface area contributed by atoms with Crippen molar-refractivity contribution in [2.45, 2.75) is 39.7 Å². The van der Waals surface area contributed by atoms with Crippen LogP contribution in [-0.4, -0.2) is 19.6 Å². The Morgan fingerprint density at radius 3 is 2.78 bits per heavy atom. The summed E-state index contributed by atoms with van der Waals surface area (Å²) in [5.74, 6) is 0.928. The maximum absolute atomic E-state index is 3.46. The van der Waals surface area contributed by atoms with Gasteiger partial charge in [0.1, 0.15) is 0 Å². The van der Waals surface area contributed by atoms with E-state index in [1.807, 2.05) is 0 Å². The van der Waals surface area contributed by atoms with Crippen LogP contribution in [0, 0.1) is 5.92 Å². The van der Waals surface area contributed by atoms with E-state index in [0.717, 1.165) is 19.0 Å². The summed E-state index contributed by atoms with van der Waals surface area (Å²) in [4.78, 5) is 2.50. The number of nitrogens with zero attached hydrogens (tertiary/aromatic N) is 1. The van der Waals surface area contributed by atoms with Crippen LogP contribution in [0.4, 0.5) is 5.69 Å². The predicted octanol–water partition coefficient (Wildman–Crippen LogP) is 3.42. The topological polar surface area (TPSA) is 15.3 Å². The first kappa shape index (κ1) is 13.4. The lowest BCUT2D eigenvalue weighted by molar-refractivity contribution is 0.380. The van der Waals surface area contributed by atoms with Gasteiger partial charge in [-0.3, -0.25) is 0 Å². The van der Waals surface area contributed by atoms with Gasteiger partial charge in [0.05, 0.1) is 0 Å². The molecule has 2 nitrogen and oxygen atoms in total. The van der Waals surface area contributed by atoms with Gasteiger partial charge >= 0.3 is 0 Å². The van der Waals surface area contributed by atoms with Crippen LogP contribution in [-0.2, 0) is 6.54 Å². The SMILES string of the molecule is CCCNCc1cccc(N2CC(CCC)C2)c1. The molecule has 0 radical (unpaired) electrons. The Balaban J connectivity index is 1.84. The highest BCUT2D eigenvalue weighted by atomic mass is 15.2. The first-order chi connectivity index (χ1) is 8.83. The minimum absolute atomic E-state index is 0.928. The third-order valence-corrected chi connectivity index (χ3v) is 3.69. The predicted molar refractivity (Wildman–Crippen MR) is 79.1 cm³/mol. The van der Waals surface area contributed by atoms with Gasteiger partial charge in [-0.1, -0.05) is 32.4 Å². The van der Waals surface area contributed by atoms with Crippen molar-refractivity contribution in [2.75, 3.05) is 24.5 Å². The number of anilines is 1. The lowest BCUT2D eigenvalue weighted by Gasteiger charge is -2.41. The molecule has 0 bridgehead atoms. The fourth-order valence-corrected chi connectivity index (χ4v) is 2.64. The molecule has 1 saturated heterocycles. The zero-order valence-corrected chi connectivity index (χ0v) is 11.8. The Morgan fingerprint density at radius 1 is 1.22 bits per heavy atom. The van der Waals surface area contributed by atoms with Crippen molar-refractivity contribution < 1.29 is 0 Å². The molecule has 0 aliphatic carbocycles. The van der Waals surface area contributed by atoms with Crippen molar-refractivity contribution in [1.82, 2.24) is 5.32 Å². The van der Waals surface area contributed by atoms with Gasteiger partial charge in [-0.2, -0.15) is 0 Å². The van der Waals surface area contributed by atoms with Crippen LogP contribution in [0.3, 0.4) is 0 Å². The van der Waals surface area contributed by atoms with Gasteiger partial charge in [-0.15, -0.1) is 0 Å². The maximum atomic E-state index is 3.46. The van der Waals surface area contributed by atoms with Crippen LogP contribution in [0.15, 0.2) is 24.3 Å². The fourth-order valence-electron chi connectivity index (χ4n) is 2.64. The summed E-state index contributed by atoms with van der Waals surface area (Å²) in [6.45, 7) is 9.08. The molecule has 18 heavy (non-hydrogen) atoms. The van der Waals surface area contributed by atoms with E-state index in [0.29, 0.717) is 0 Å². The lowest BCUT2D eigenvalue weighted by atomic mass is 9.94. The van der Waals surface area contributed by atoms with E-state index < -0.39 is 0 Å². The minimum Gasteiger partial charge on any atom is -0.371 e. The molecule has 100 valence electrons. The first-order valence-corrected chi connectivity index (χ1v) is 7.38. The van der Waals surface area contributed by atoms with Crippen molar-refractivity contribution in [2.24, 2.45) is 5.92 Å². The molecule has 1 N–H and O–H groups in total. The van der Waals surface area contributed by atoms with Crippen molar-refractivity contribution in [3.63, 3.8) is 0 Å². The molecule has 2 heteroatoms. The Hall–Kier alpha value is -1.02. The van der Waals surface area contributed by atoms with Crippen molar-refractivity contribution in [1.29, 1.82) is 0 Å². The minimum atomic E-state index is 0.928. The van der Waals surface area contributed by atoms with Gasteiger partial charge in [0.2, 0.25) is 0 Å². The molecule has 2 rings (SSSR count). The Kier molecular flexibility index (Phi) is 5.06. The van der Waals surface area contributed by atoms with E-state index in [-0.39, 0.29) is 0 Å². The Labute approximate surface area is 111 Å².